The van der Waals surface area contributed by atoms with Crippen LogP contribution >= 0.6 is 0 Å². The van der Waals surface area contributed by atoms with E-state index in [-0.39, 0.29) is 5.97 Å². The van der Waals surface area contributed by atoms with Crippen LogP contribution < -0.4 is 0 Å². The number of esters is 1. The van der Waals surface area contributed by atoms with Crippen LogP contribution in [0.5, 0.6) is 0 Å². The van der Waals surface area contributed by atoms with Gasteiger partial charge in [0, 0.05) is 13.1 Å². The molecule has 0 atom stereocenters. The summed E-state index contributed by atoms with van der Waals surface area (Å²) in [6.45, 7) is 3.48. The maximum atomic E-state index is 12.3. The highest BCUT2D eigenvalue weighted by atomic mass is 16.6. The first-order chi connectivity index (χ1) is 9.38. The minimum absolute atomic E-state index is 0.254. The largest absolute Gasteiger partial charge is 0.453 e. The predicted octanol–water partition coefficient (Wildman–Crippen LogP) is 2.12. The van der Waals surface area contributed by atoms with Crippen molar-refractivity contribution in [2.75, 3.05) is 41.3 Å². The predicted molar refractivity (Wildman–Crippen MR) is 82.0 cm³/mol. The lowest BCUT2D eigenvalue weighted by molar-refractivity contribution is -0.0434. The van der Waals surface area contributed by atoms with Crippen molar-refractivity contribution in [1.82, 2.24) is 9.80 Å². The van der Waals surface area contributed by atoms with E-state index in [0.29, 0.717) is 18.7 Å². The van der Waals surface area contributed by atoms with Gasteiger partial charge >= 0.3 is 5.97 Å². The lowest BCUT2D eigenvalue weighted by Crippen LogP contribution is -2.50. The maximum absolute atomic E-state index is 12.3. The van der Waals surface area contributed by atoms with Gasteiger partial charge in [0.2, 0.25) is 0 Å². The molecule has 20 heavy (non-hydrogen) atoms. The zero-order valence-electron chi connectivity index (χ0n) is 13.2. The molecule has 0 aliphatic heterocycles. The second-order valence-corrected chi connectivity index (χ2v) is 5.77. The summed E-state index contributed by atoms with van der Waals surface area (Å²) < 4.78 is 5.87. The smallest absolute Gasteiger partial charge is 0.338 e. The molecule has 0 N–H and O–H groups in total. The van der Waals surface area contributed by atoms with Crippen molar-refractivity contribution < 1.29 is 9.53 Å². The third kappa shape index (κ3) is 4.94. The van der Waals surface area contributed by atoms with E-state index < -0.39 is 5.60 Å². The van der Waals surface area contributed by atoms with Gasteiger partial charge in [-0.2, -0.15) is 0 Å². The molecule has 0 aliphatic carbocycles. The molecule has 0 heterocycles. The SMILES string of the molecule is CCC(CN(C)C)(CN(C)C)OC(=O)c1ccccc1. The zero-order chi connectivity index (χ0) is 15.2. The number of carbonyl (C=O) groups is 1. The number of benzene rings is 1. The minimum atomic E-state index is -0.486. The summed E-state index contributed by atoms with van der Waals surface area (Å²) in [7, 11) is 7.99. The summed E-state index contributed by atoms with van der Waals surface area (Å²) in [6.07, 6.45) is 0.780. The number of rotatable bonds is 7. The first kappa shape index (κ1) is 16.7. The van der Waals surface area contributed by atoms with Crippen molar-refractivity contribution in [3.8, 4) is 0 Å². The molecule has 0 unspecified atom stereocenters. The Balaban J connectivity index is 2.90. The van der Waals surface area contributed by atoms with E-state index in [1.165, 1.54) is 0 Å². The molecule has 0 aromatic heterocycles. The Hall–Kier alpha value is -1.39. The molecule has 0 radical (unpaired) electrons. The van der Waals surface area contributed by atoms with Crippen LogP contribution in [0, 0.1) is 0 Å². The fourth-order valence-corrected chi connectivity index (χ4v) is 2.39. The van der Waals surface area contributed by atoms with Gasteiger partial charge in [0.1, 0.15) is 5.60 Å². The van der Waals surface area contributed by atoms with Crippen molar-refractivity contribution in [2.24, 2.45) is 0 Å². The third-order valence-corrected chi connectivity index (χ3v) is 3.17. The van der Waals surface area contributed by atoms with Gasteiger partial charge in [-0.15, -0.1) is 0 Å². The monoisotopic (exact) mass is 278 g/mol. The molecular formula is C16H26N2O2. The third-order valence-electron chi connectivity index (χ3n) is 3.17. The molecule has 4 heteroatoms. The van der Waals surface area contributed by atoms with E-state index in [0.717, 1.165) is 6.42 Å². The minimum Gasteiger partial charge on any atom is -0.453 e. The van der Waals surface area contributed by atoms with E-state index in [1.54, 1.807) is 12.1 Å². The summed E-state index contributed by atoms with van der Waals surface area (Å²) in [4.78, 5) is 16.4. The highest BCUT2D eigenvalue weighted by Crippen LogP contribution is 2.20. The van der Waals surface area contributed by atoms with E-state index in [1.807, 2.05) is 46.4 Å². The Bertz CT molecular complexity index is 406. The van der Waals surface area contributed by atoms with Crippen LogP contribution in [0.15, 0.2) is 30.3 Å². The lowest BCUT2D eigenvalue weighted by atomic mass is 9.99. The first-order valence-corrected chi connectivity index (χ1v) is 6.96. The lowest BCUT2D eigenvalue weighted by Gasteiger charge is -2.37. The summed E-state index contributed by atoms with van der Waals surface area (Å²) in [5, 5.41) is 0. The van der Waals surface area contributed by atoms with E-state index in [4.69, 9.17) is 4.74 Å². The number of hydrogen-bond donors (Lipinski definition) is 0. The Morgan fingerprint density at radius 2 is 1.55 bits per heavy atom. The van der Waals surface area contributed by atoms with Crippen LogP contribution in [0.2, 0.25) is 0 Å². The molecular weight excluding hydrogens is 252 g/mol. The molecule has 0 aliphatic rings. The van der Waals surface area contributed by atoms with Crippen LogP contribution in [0.3, 0.4) is 0 Å². The molecule has 1 aromatic rings. The maximum Gasteiger partial charge on any atom is 0.338 e. The van der Waals surface area contributed by atoms with Gasteiger partial charge in [0.25, 0.3) is 0 Å². The molecule has 1 aromatic carbocycles. The molecule has 4 nitrogen and oxygen atoms in total. The second-order valence-electron chi connectivity index (χ2n) is 5.77. The van der Waals surface area contributed by atoms with Crippen molar-refractivity contribution in [1.29, 1.82) is 0 Å². The Labute approximate surface area is 122 Å². The number of likely N-dealkylation sites (N-methyl/N-ethyl adjacent to an activating group) is 2. The van der Waals surface area contributed by atoms with E-state index >= 15 is 0 Å². The van der Waals surface area contributed by atoms with Gasteiger partial charge in [0.05, 0.1) is 5.56 Å². The second kappa shape index (κ2) is 7.41. The standard InChI is InChI=1S/C16H26N2O2/c1-6-16(12-17(2)3,13-18(4)5)20-15(19)14-10-8-7-9-11-14/h7-11H,6,12-13H2,1-5H3. The molecule has 112 valence electrons. The summed E-state index contributed by atoms with van der Waals surface area (Å²) in [5.41, 5.74) is 0.114. The van der Waals surface area contributed by atoms with Gasteiger partial charge in [0.15, 0.2) is 0 Å². The molecule has 0 saturated carbocycles. The fraction of sp³-hybridized carbons (Fsp3) is 0.562. The number of hydrogen-bond acceptors (Lipinski definition) is 4. The average molecular weight is 278 g/mol. The van der Waals surface area contributed by atoms with Crippen LogP contribution in [0.1, 0.15) is 23.7 Å². The van der Waals surface area contributed by atoms with Gasteiger partial charge < -0.3 is 14.5 Å². The molecule has 0 amide bonds. The number of ether oxygens (including phenoxy) is 1. The zero-order valence-corrected chi connectivity index (χ0v) is 13.2. The number of carbonyl (C=O) groups excluding carboxylic acids is 1. The summed E-state index contributed by atoms with van der Waals surface area (Å²) in [6, 6.07) is 9.16. The van der Waals surface area contributed by atoms with E-state index in [9.17, 15) is 4.79 Å². The van der Waals surface area contributed by atoms with Crippen LogP contribution in [0.4, 0.5) is 0 Å². The summed E-state index contributed by atoms with van der Waals surface area (Å²) >= 11 is 0. The highest BCUT2D eigenvalue weighted by Gasteiger charge is 2.34. The normalized spacial score (nSPS) is 11.9. The van der Waals surface area contributed by atoms with E-state index in [2.05, 4.69) is 16.7 Å². The Morgan fingerprint density at radius 3 is 1.95 bits per heavy atom. The topological polar surface area (TPSA) is 32.8 Å². The van der Waals surface area contributed by atoms with Crippen LogP contribution in [0.25, 0.3) is 0 Å². The van der Waals surface area contributed by atoms with Gasteiger partial charge in [-0.25, -0.2) is 4.79 Å². The quantitative estimate of drug-likeness (QED) is 0.715. The molecule has 1 rings (SSSR count). The van der Waals surface area contributed by atoms with Crippen molar-refractivity contribution in [2.45, 2.75) is 18.9 Å². The molecule has 0 bridgehead atoms. The highest BCUT2D eigenvalue weighted by molar-refractivity contribution is 5.89. The van der Waals surface area contributed by atoms with Crippen molar-refractivity contribution >= 4 is 5.97 Å². The van der Waals surface area contributed by atoms with Crippen LogP contribution in [-0.2, 0) is 4.74 Å². The van der Waals surface area contributed by atoms with Gasteiger partial charge in [-0.3, -0.25) is 0 Å². The average Bonchev–Trinajstić information content (AvgIpc) is 2.38. The Morgan fingerprint density at radius 1 is 1.05 bits per heavy atom. The van der Waals surface area contributed by atoms with Crippen molar-refractivity contribution in [3.63, 3.8) is 0 Å². The number of nitrogens with zero attached hydrogens (tertiary/aromatic N) is 2. The van der Waals surface area contributed by atoms with Gasteiger partial charge in [-0.1, -0.05) is 25.1 Å². The van der Waals surface area contributed by atoms with Crippen LogP contribution in [-0.4, -0.2) is 62.7 Å². The fourth-order valence-electron chi connectivity index (χ4n) is 2.39. The molecule has 0 spiro atoms. The van der Waals surface area contributed by atoms with Crippen molar-refractivity contribution in [3.05, 3.63) is 35.9 Å². The summed E-state index contributed by atoms with van der Waals surface area (Å²) in [5.74, 6) is -0.254. The Kier molecular flexibility index (Phi) is 6.17. The first-order valence-electron chi connectivity index (χ1n) is 6.96. The van der Waals surface area contributed by atoms with Gasteiger partial charge in [-0.05, 0) is 46.7 Å². The molecule has 0 fully saturated rings. The molecule has 0 saturated heterocycles.